The molecule has 27 heavy (non-hydrogen) atoms. The summed E-state index contributed by atoms with van der Waals surface area (Å²) in [6.45, 7) is 7.55. The fourth-order valence-corrected chi connectivity index (χ4v) is 4.27. The number of hydrogen-bond donors (Lipinski definition) is 0. The van der Waals surface area contributed by atoms with Gasteiger partial charge in [0.2, 0.25) is 5.91 Å². The molecule has 2 saturated heterocycles. The first kappa shape index (κ1) is 20.0. The van der Waals surface area contributed by atoms with Crippen LogP contribution in [0.5, 0.6) is 5.75 Å². The molecule has 0 saturated carbocycles. The zero-order valence-electron chi connectivity index (χ0n) is 16.3. The zero-order valence-corrected chi connectivity index (χ0v) is 17.1. The van der Waals surface area contributed by atoms with Crippen molar-refractivity contribution in [3.63, 3.8) is 0 Å². The first-order chi connectivity index (χ1) is 12.7. The monoisotopic (exact) mass is 394 g/mol. The lowest BCUT2D eigenvalue weighted by Crippen LogP contribution is -2.57. The number of halogens is 1. The Balaban J connectivity index is 1.82. The van der Waals surface area contributed by atoms with Gasteiger partial charge in [0.15, 0.2) is 0 Å². The van der Waals surface area contributed by atoms with Gasteiger partial charge in [-0.2, -0.15) is 0 Å². The number of methoxy groups -OCH3 is 1. The van der Waals surface area contributed by atoms with Crippen LogP contribution < -0.4 is 4.74 Å². The Labute approximate surface area is 165 Å². The van der Waals surface area contributed by atoms with Crippen LogP contribution in [0.1, 0.15) is 44.0 Å². The van der Waals surface area contributed by atoms with Crippen LogP contribution in [0.2, 0.25) is 5.02 Å². The van der Waals surface area contributed by atoms with Gasteiger partial charge in [0.25, 0.3) is 5.91 Å². The van der Waals surface area contributed by atoms with E-state index in [2.05, 4.69) is 0 Å². The first-order valence-electron chi connectivity index (χ1n) is 9.33. The molecule has 2 atom stereocenters. The van der Waals surface area contributed by atoms with Gasteiger partial charge in [-0.1, -0.05) is 11.6 Å². The fourth-order valence-electron chi connectivity index (χ4n) is 4.10. The lowest BCUT2D eigenvalue weighted by Gasteiger charge is -2.43. The summed E-state index contributed by atoms with van der Waals surface area (Å²) in [5, 5.41) is 0.463. The number of nitrogens with zero attached hydrogens (tertiary/aromatic N) is 2. The van der Waals surface area contributed by atoms with Gasteiger partial charge in [-0.3, -0.25) is 9.59 Å². The second kappa shape index (κ2) is 7.68. The Bertz CT molecular complexity index is 737. The molecule has 0 aromatic heterocycles. The Morgan fingerprint density at radius 3 is 2.74 bits per heavy atom. The van der Waals surface area contributed by atoms with Gasteiger partial charge in [-0.05, 0) is 51.8 Å². The highest BCUT2D eigenvalue weighted by Gasteiger charge is 2.41. The quantitative estimate of drug-likeness (QED) is 0.790. The molecule has 2 unspecified atom stereocenters. The van der Waals surface area contributed by atoms with E-state index >= 15 is 0 Å². The minimum Gasteiger partial charge on any atom is -0.496 e. The molecular weight excluding hydrogens is 368 g/mol. The number of ether oxygens (including phenoxy) is 2. The largest absolute Gasteiger partial charge is 0.496 e. The maximum atomic E-state index is 13.2. The highest BCUT2D eigenvalue weighted by Crippen LogP contribution is 2.29. The Hall–Kier alpha value is -1.79. The van der Waals surface area contributed by atoms with Crippen molar-refractivity contribution >= 4 is 23.4 Å². The van der Waals surface area contributed by atoms with Crippen LogP contribution in [-0.2, 0) is 9.53 Å². The van der Waals surface area contributed by atoms with Crippen molar-refractivity contribution in [3.05, 3.63) is 28.8 Å². The number of benzene rings is 1. The average Bonchev–Trinajstić information content (AvgIpc) is 3.08. The van der Waals surface area contributed by atoms with E-state index in [1.165, 1.54) is 7.11 Å². The van der Waals surface area contributed by atoms with E-state index in [0.717, 1.165) is 6.42 Å². The minimum atomic E-state index is -0.456. The maximum Gasteiger partial charge on any atom is 0.258 e. The summed E-state index contributed by atoms with van der Waals surface area (Å²) in [4.78, 5) is 29.9. The lowest BCUT2D eigenvalue weighted by molar-refractivity contribution is -0.161. The van der Waals surface area contributed by atoms with Crippen molar-refractivity contribution in [2.75, 3.05) is 26.7 Å². The van der Waals surface area contributed by atoms with Gasteiger partial charge >= 0.3 is 0 Å². The molecule has 2 fully saturated rings. The van der Waals surface area contributed by atoms with Gasteiger partial charge in [0.05, 0.1) is 24.4 Å². The standard InChI is InChI=1S/C20H27ClN2O4/c1-13-11-22(12-20(2,3)27-13)19(25)16-6-5-9-23(16)18(24)15-10-14(21)7-8-17(15)26-4/h7-8,10,13,16H,5-6,9,11-12H2,1-4H3. The topological polar surface area (TPSA) is 59.1 Å². The molecular formula is C20H27ClN2O4. The molecule has 0 radical (unpaired) electrons. The van der Waals surface area contributed by atoms with Crippen molar-refractivity contribution in [1.82, 2.24) is 9.80 Å². The normalized spacial score (nSPS) is 24.8. The van der Waals surface area contributed by atoms with Gasteiger partial charge in [0.1, 0.15) is 11.8 Å². The second-order valence-electron chi connectivity index (χ2n) is 7.91. The van der Waals surface area contributed by atoms with Crippen LogP contribution >= 0.6 is 11.6 Å². The molecule has 7 heteroatoms. The molecule has 1 aromatic rings. The maximum absolute atomic E-state index is 13.2. The van der Waals surface area contributed by atoms with Gasteiger partial charge in [-0.25, -0.2) is 0 Å². The van der Waals surface area contributed by atoms with E-state index in [-0.39, 0.29) is 17.9 Å². The molecule has 2 aliphatic heterocycles. The second-order valence-corrected chi connectivity index (χ2v) is 8.34. The van der Waals surface area contributed by atoms with Crippen LogP contribution in [0.4, 0.5) is 0 Å². The highest BCUT2D eigenvalue weighted by atomic mass is 35.5. The Kier molecular flexibility index (Phi) is 5.68. The Morgan fingerprint density at radius 2 is 2.07 bits per heavy atom. The summed E-state index contributed by atoms with van der Waals surface area (Å²) >= 11 is 6.08. The van der Waals surface area contributed by atoms with Crippen molar-refractivity contribution in [2.24, 2.45) is 0 Å². The third kappa shape index (κ3) is 4.22. The molecule has 0 N–H and O–H groups in total. The van der Waals surface area contributed by atoms with Crippen molar-refractivity contribution in [1.29, 1.82) is 0 Å². The number of morpholine rings is 1. The van der Waals surface area contributed by atoms with Crippen molar-refractivity contribution in [2.45, 2.75) is 51.4 Å². The van der Waals surface area contributed by atoms with Crippen LogP contribution in [-0.4, -0.2) is 66.1 Å². The van der Waals surface area contributed by atoms with Crippen LogP contribution in [0.15, 0.2) is 18.2 Å². The summed E-state index contributed by atoms with van der Waals surface area (Å²) in [7, 11) is 1.52. The highest BCUT2D eigenvalue weighted by molar-refractivity contribution is 6.31. The summed E-state index contributed by atoms with van der Waals surface area (Å²) in [6.07, 6.45) is 1.43. The van der Waals surface area contributed by atoms with Gasteiger partial charge in [-0.15, -0.1) is 0 Å². The number of amides is 2. The van der Waals surface area contributed by atoms with Crippen LogP contribution in [0.3, 0.4) is 0 Å². The van der Waals surface area contributed by atoms with Crippen LogP contribution in [0, 0.1) is 0 Å². The first-order valence-corrected chi connectivity index (χ1v) is 9.71. The molecule has 0 bridgehead atoms. The number of likely N-dealkylation sites (tertiary alicyclic amines) is 1. The van der Waals surface area contributed by atoms with E-state index in [1.807, 2.05) is 25.7 Å². The molecule has 2 heterocycles. The number of rotatable bonds is 3. The molecule has 6 nitrogen and oxygen atoms in total. The lowest BCUT2D eigenvalue weighted by atomic mass is 10.0. The smallest absolute Gasteiger partial charge is 0.258 e. The third-order valence-corrected chi connectivity index (χ3v) is 5.31. The van der Waals surface area contributed by atoms with Gasteiger partial charge < -0.3 is 19.3 Å². The fraction of sp³-hybridized carbons (Fsp3) is 0.600. The molecule has 148 valence electrons. The summed E-state index contributed by atoms with van der Waals surface area (Å²) in [5.74, 6) is 0.236. The van der Waals surface area contributed by atoms with Crippen molar-refractivity contribution in [3.8, 4) is 5.75 Å². The zero-order chi connectivity index (χ0) is 19.8. The predicted octanol–water partition coefficient (Wildman–Crippen LogP) is 2.98. The van der Waals surface area contributed by atoms with Crippen LogP contribution in [0.25, 0.3) is 0 Å². The van der Waals surface area contributed by atoms with E-state index < -0.39 is 11.6 Å². The molecule has 0 spiro atoms. The molecule has 0 aliphatic carbocycles. The molecule has 2 aliphatic rings. The Morgan fingerprint density at radius 1 is 1.33 bits per heavy atom. The van der Waals surface area contributed by atoms with E-state index in [1.54, 1.807) is 23.1 Å². The summed E-state index contributed by atoms with van der Waals surface area (Å²) in [5.41, 5.74) is -0.00268. The number of carbonyl (C=O) groups excluding carboxylic acids is 2. The number of carbonyl (C=O) groups is 2. The van der Waals surface area contributed by atoms with E-state index in [4.69, 9.17) is 21.1 Å². The molecule has 3 rings (SSSR count). The minimum absolute atomic E-state index is 0.00919. The number of hydrogen-bond acceptors (Lipinski definition) is 4. The van der Waals surface area contributed by atoms with Crippen molar-refractivity contribution < 1.29 is 19.1 Å². The summed E-state index contributed by atoms with van der Waals surface area (Å²) in [6, 6.07) is 4.50. The van der Waals surface area contributed by atoms with E-state index in [9.17, 15) is 9.59 Å². The SMILES string of the molecule is COc1ccc(Cl)cc1C(=O)N1CCCC1C(=O)N1CC(C)OC(C)(C)C1. The predicted molar refractivity (Wildman–Crippen MR) is 103 cm³/mol. The average molecular weight is 395 g/mol. The molecule has 1 aromatic carbocycles. The van der Waals surface area contributed by atoms with E-state index in [0.29, 0.717) is 42.4 Å². The third-order valence-electron chi connectivity index (χ3n) is 5.07. The molecule has 2 amide bonds. The van der Waals surface area contributed by atoms with Gasteiger partial charge in [0, 0.05) is 24.7 Å². The summed E-state index contributed by atoms with van der Waals surface area (Å²) < 4.78 is 11.2.